The Morgan fingerprint density at radius 3 is 2.81 bits per heavy atom. The van der Waals surface area contributed by atoms with Gasteiger partial charge >= 0.3 is 5.97 Å². The molecule has 0 atom stereocenters. The molecule has 0 radical (unpaired) electrons. The molecule has 0 bridgehead atoms. The predicted octanol–water partition coefficient (Wildman–Crippen LogP) is 5.29. The van der Waals surface area contributed by atoms with E-state index in [2.05, 4.69) is 5.32 Å². The van der Waals surface area contributed by atoms with Gasteiger partial charge in [-0.15, -0.1) is 0 Å². The Bertz CT molecular complexity index is 1030. The van der Waals surface area contributed by atoms with Crippen LogP contribution in [-0.4, -0.2) is 27.4 Å². The molecule has 1 aromatic heterocycles. The Hall–Kier alpha value is -2.50. The van der Waals surface area contributed by atoms with Crippen molar-refractivity contribution in [1.82, 2.24) is 9.78 Å². The van der Waals surface area contributed by atoms with Gasteiger partial charge in [0.1, 0.15) is 5.82 Å². The molecule has 0 amide bonds. The molecule has 5 nitrogen and oxygen atoms in total. The molecule has 4 rings (SSSR count). The maximum atomic E-state index is 11.4. The average Bonchev–Trinajstić information content (AvgIpc) is 2.84. The topological polar surface area (TPSA) is 67.1 Å². The van der Waals surface area contributed by atoms with Crippen LogP contribution in [0.5, 0.6) is 0 Å². The lowest BCUT2D eigenvalue weighted by atomic mass is 10.0. The molecule has 0 aliphatic carbocycles. The third-order valence-corrected chi connectivity index (χ3v) is 5.22. The Kier molecular flexibility index (Phi) is 4.81. The van der Waals surface area contributed by atoms with Crippen LogP contribution < -0.4 is 5.32 Å². The number of hydrogen-bond acceptors (Lipinski definition) is 3. The Morgan fingerprint density at radius 2 is 2.00 bits per heavy atom. The van der Waals surface area contributed by atoms with Crippen molar-refractivity contribution >= 4 is 35.0 Å². The maximum absolute atomic E-state index is 11.4. The molecular formula is C20H17Cl2N3O2. The van der Waals surface area contributed by atoms with E-state index in [1.54, 1.807) is 35.0 Å². The summed E-state index contributed by atoms with van der Waals surface area (Å²) >= 11 is 12.6. The highest BCUT2D eigenvalue weighted by Gasteiger charge is 2.23. The molecule has 7 heteroatoms. The van der Waals surface area contributed by atoms with Crippen LogP contribution in [0.2, 0.25) is 10.0 Å². The standard InChI is InChI=1S/C20H17Cl2N3O2/c21-13-7-8-17(22)16(11-13)18-15-6-1-2-9-23-19(15)25(24-18)14-5-3-4-12(10-14)20(26)27/h3-5,7-8,10-11,23H,1-2,6,9H2,(H,26,27). The van der Waals surface area contributed by atoms with Gasteiger partial charge in [-0.25, -0.2) is 9.48 Å². The van der Waals surface area contributed by atoms with Crippen LogP contribution >= 0.6 is 23.2 Å². The average molecular weight is 402 g/mol. The first-order valence-corrected chi connectivity index (χ1v) is 9.45. The van der Waals surface area contributed by atoms with Crippen LogP contribution in [0.25, 0.3) is 16.9 Å². The Morgan fingerprint density at radius 1 is 1.15 bits per heavy atom. The summed E-state index contributed by atoms with van der Waals surface area (Å²) in [7, 11) is 0. The predicted molar refractivity (Wildman–Crippen MR) is 107 cm³/mol. The molecule has 2 heterocycles. The summed E-state index contributed by atoms with van der Waals surface area (Å²) in [5, 5.41) is 18.7. The van der Waals surface area contributed by atoms with Gasteiger partial charge < -0.3 is 10.4 Å². The minimum atomic E-state index is -0.971. The highest BCUT2D eigenvalue weighted by atomic mass is 35.5. The van der Waals surface area contributed by atoms with Crippen LogP contribution in [-0.2, 0) is 6.42 Å². The number of carboxylic acid groups (broad SMARTS) is 1. The van der Waals surface area contributed by atoms with Crippen molar-refractivity contribution in [3.8, 4) is 16.9 Å². The number of rotatable bonds is 3. The van der Waals surface area contributed by atoms with Crippen molar-refractivity contribution < 1.29 is 9.90 Å². The molecule has 1 aliphatic heterocycles. The molecule has 3 aromatic rings. The summed E-state index contributed by atoms with van der Waals surface area (Å²) < 4.78 is 1.76. The molecule has 0 saturated heterocycles. The minimum Gasteiger partial charge on any atom is -0.478 e. The van der Waals surface area contributed by atoms with Crippen LogP contribution in [0.1, 0.15) is 28.8 Å². The summed E-state index contributed by atoms with van der Waals surface area (Å²) in [5.41, 5.74) is 3.51. The molecule has 0 saturated carbocycles. The van der Waals surface area contributed by atoms with Gasteiger partial charge in [0.15, 0.2) is 0 Å². The summed E-state index contributed by atoms with van der Waals surface area (Å²) in [6.45, 7) is 0.833. The van der Waals surface area contributed by atoms with Crippen molar-refractivity contribution in [3.63, 3.8) is 0 Å². The Labute approximate surface area is 166 Å². The van der Waals surface area contributed by atoms with E-state index in [9.17, 15) is 9.90 Å². The van der Waals surface area contributed by atoms with Gasteiger partial charge in [-0.05, 0) is 55.7 Å². The molecule has 2 N–H and O–H groups in total. The number of aromatic nitrogens is 2. The number of carbonyl (C=O) groups is 1. The summed E-state index contributed by atoms with van der Waals surface area (Å²) in [6.07, 6.45) is 2.94. The van der Waals surface area contributed by atoms with Crippen molar-refractivity contribution in [1.29, 1.82) is 0 Å². The Balaban J connectivity index is 1.93. The first-order valence-electron chi connectivity index (χ1n) is 8.69. The summed E-state index contributed by atoms with van der Waals surface area (Å²) in [4.78, 5) is 11.4. The van der Waals surface area contributed by atoms with Gasteiger partial charge in [0.2, 0.25) is 0 Å². The SMILES string of the molecule is O=C(O)c1cccc(-n2nc(-c3cc(Cl)ccc3Cl)c3c2NCCCC3)c1. The molecule has 138 valence electrons. The smallest absolute Gasteiger partial charge is 0.335 e. The normalized spacial score (nSPS) is 13.6. The molecule has 2 aromatic carbocycles. The van der Waals surface area contributed by atoms with Crippen molar-refractivity contribution in [2.75, 3.05) is 11.9 Å². The second kappa shape index (κ2) is 7.25. The number of nitrogens with zero attached hydrogens (tertiary/aromatic N) is 2. The van der Waals surface area contributed by atoms with Crippen LogP contribution in [0.15, 0.2) is 42.5 Å². The zero-order chi connectivity index (χ0) is 19.0. The zero-order valence-corrected chi connectivity index (χ0v) is 15.9. The largest absolute Gasteiger partial charge is 0.478 e. The van der Waals surface area contributed by atoms with Crippen molar-refractivity contribution in [3.05, 3.63) is 63.6 Å². The lowest BCUT2D eigenvalue weighted by Gasteiger charge is -2.09. The lowest BCUT2D eigenvalue weighted by Crippen LogP contribution is -2.08. The first kappa shape index (κ1) is 17.9. The number of carboxylic acids is 1. The second-order valence-electron chi connectivity index (χ2n) is 6.45. The van der Waals surface area contributed by atoms with Crippen LogP contribution in [0, 0.1) is 0 Å². The fraction of sp³-hybridized carbons (Fsp3) is 0.200. The summed E-state index contributed by atoms with van der Waals surface area (Å²) in [5.74, 6) is -0.0951. The fourth-order valence-corrected chi connectivity index (χ4v) is 3.73. The van der Waals surface area contributed by atoms with Gasteiger partial charge in [0.25, 0.3) is 0 Å². The molecule has 27 heavy (non-hydrogen) atoms. The van der Waals surface area contributed by atoms with Crippen LogP contribution in [0.4, 0.5) is 5.82 Å². The van der Waals surface area contributed by atoms with Gasteiger partial charge in [0.05, 0.1) is 22.0 Å². The first-order chi connectivity index (χ1) is 13.0. The highest BCUT2D eigenvalue weighted by molar-refractivity contribution is 6.35. The van der Waals surface area contributed by atoms with E-state index in [1.807, 2.05) is 12.1 Å². The number of fused-ring (bicyclic) bond motifs is 1. The quantitative estimate of drug-likeness (QED) is 0.625. The number of benzene rings is 2. The third-order valence-electron chi connectivity index (χ3n) is 4.65. The van der Waals surface area contributed by atoms with Crippen LogP contribution in [0.3, 0.4) is 0 Å². The maximum Gasteiger partial charge on any atom is 0.335 e. The van der Waals surface area contributed by atoms with E-state index in [0.29, 0.717) is 15.7 Å². The van der Waals surface area contributed by atoms with Gasteiger partial charge in [-0.2, -0.15) is 5.10 Å². The third kappa shape index (κ3) is 3.40. The van der Waals surface area contributed by atoms with Crippen molar-refractivity contribution in [2.24, 2.45) is 0 Å². The molecule has 1 aliphatic rings. The minimum absolute atomic E-state index is 0.215. The number of nitrogens with one attached hydrogen (secondary N) is 1. The number of halogens is 2. The van der Waals surface area contributed by atoms with E-state index in [-0.39, 0.29) is 5.56 Å². The highest BCUT2D eigenvalue weighted by Crippen LogP contribution is 2.38. The molecule has 0 spiro atoms. The van der Waals surface area contributed by atoms with Gasteiger partial charge in [-0.1, -0.05) is 29.3 Å². The molecule has 0 fully saturated rings. The van der Waals surface area contributed by atoms with E-state index >= 15 is 0 Å². The zero-order valence-electron chi connectivity index (χ0n) is 14.4. The van der Waals surface area contributed by atoms with E-state index in [0.717, 1.165) is 48.4 Å². The number of hydrogen-bond donors (Lipinski definition) is 2. The number of aromatic carboxylic acids is 1. The fourth-order valence-electron chi connectivity index (χ4n) is 3.36. The van der Waals surface area contributed by atoms with Gasteiger partial charge in [0, 0.05) is 22.7 Å². The van der Waals surface area contributed by atoms with E-state index in [4.69, 9.17) is 28.3 Å². The monoisotopic (exact) mass is 401 g/mol. The van der Waals surface area contributed by atoms with Crippen molar-refractivity contribution in [2.45, 2.75) is 19.3 Å². The summed E-state index contributed by atoms with van der Waals surface area (Å²) in [6, 6.07) is 12.1. The van der Waals surface area contributed by atoms with Gasteiger partial charge in [-0.3, -0.25) is 0 Å². The second-order valence-corrected chi connectivity index (χ2v) is 7.29. The lowest BCUT2D eigenvalue weighted by molar-refractivity contribution is 0.0697. The number of anilines is 1. The van der Waals surface area contributed by atoms with E-state index < -0.39 is 5.97 Å². The van der Waals surface area contributed by atoms with E-state index in [1.165, 1.54) is 0 Å². The molecule has 0 unspecified atom stereocenters. The molecular weight excluding hydrogens is 385 g/mol.